The van der Waals surface area contributed by atoms with E-state index in [1.165, 1.54) is 12.1 Å². The van der Waals surface area contributed by atoms with Crippen LogP contribution < -0.4 is 0 Å². The lowest BCUT2D eigenvalue weighted by Gasteiger charge is -2.26. The van der Waals surface area contributed by atoms with Crippen molar-refractivity contribution < 1.29 is 17.9 Å². The van der Waals surface area contributed by atoms with E-state index in [9.17, 15) is 13.2 Å². The predicted octanol–water partition coefficient (Wildman–Crippen LogP) is 4.97. The summed E-state index contributed by atoms with van der Waals surface area (Å²) in [6.07, 6.45) is 2.10. The molecule has 4 heteroatoms. The van der Waals surface area contributed by atoms with Gasteiger partial charge < -0.3 is 4.74 Å². The summed E-state index contributed by atoms with van der Waals surface area (Å²) in [6, 6.07) is 5.18. The lowest BCUT2D eigenvalue weighted by molar-refractivity contribution is -0.137. The van der Waals surface area contributed by atoms with E-state index in [0.717, 1.165) is 43.4 Å². The maximum Gasteiger partial charge on any atom is 0.416 e. The fourth-order valence-corrected chi connectivity index (χ4v) is 2.50. The molecule has 1 aromatic rings. The van der Waals surface area contributed by atoms with Crippen LogP contribution in [0.4, 0.5) is 13.2 Å². The van der Waals surface area contributed by atoms with Crippen molar-refractivity contribution in [2.75, 3.05) is 0 Å². The van der Waals surface area contributed by atoms with Gasteiger partial charge in [-0.15, -0.1) is 6.58 Å². The Bertz CT molecular complexity index is 428. The molecule has 110 valence electrons. The molecule has 0 aromatic heterocycles. The van der Waals surface area contributed by atoms with Gasteiger partial charge in [-0.05, 0) is 49.3 Å². The van der Waals surface area contributed by atoms with Gasteiger partial charge in [0.05, 0.1) is 18.3 Å². The minimum atomic E-state index is -4.28. The number of benzene rings is 1. The van der Waals surface area contributed by atoms with Crippen molar-refractivity contribution in [2.24, 2.45) is 5.92 Å². The Hall–Kier alpha value is -1.29. The molecular formula is C16H19F3O. The van der Waals surface area contributed by atoms with Gasteiger partial charge in [0, 0.05) is 0 Å². The summed E-state index contributed by atoms with van der Waals surface area (Å²) in [4.78, 5) is 0. The molecule has 20 heavy (non-hydrogen) atoms. The van der Waals surface area contributed by atoms with E-state index in [0.29, 0.717) is 12.5 Å². The van der Waals surface area contributed by atoms with Gasteiger partial charge in [0.15, 0.2) is 0 Å². The molecule has 1 aliphatic carbocycles. The summed E-state index contributed by atoms with van der Waals surface area (Å²) in [7, 11) is 0. The first kappa shape index (κ1) is 15.1. The van der Waals surface area contributed by atoms with E-state index in [1.807, 2.05) is 6.08 Å². The van der Waals surface area contributed by atoms with Gasteiger partial charge in [0.1, 0.15) is 0 Å². The molecule has 0 heterocycles. The van der Waals surface area contributed by atoms with Crippen LogP contribution in [0.2, 0.25) is 0 Å². The SMILES string of the molecule is C=CC1CCC(OCc2ccc(C(F)(F)F)cc2)CC1. The van der Waals surface area contributed by atoms with Crippen LogP contribution in [-0.4, -0.2) is 6.10 Å². The minimum Gasteiger partial charge on any atom is -0.374 e. The molecule has 0 saturated heterocycles. The second kappa shape index (κ2) is 6.44. The third kappa shape index (κ3) is 4.10. The second-order valence-electron chi connectivity index (χ2n) is 5.28. The molecule has 0 amide bonds. The summed E-state index contributed by atoms with van der Waals surface area (Å²) in [6.45, 7) is 4.17. The summed E-state index contributed by atoms with van der Waals surface area (Å²) in [5, 5.41) is 0. The molecule has 1 fully saturated rings. The minimum absolute atomic E-state index is 0.216. The van der Waals surface area contributed by atoms with Crippen LogP contribution in [0.5, 0.6) is 0 Å². The van der Waals surface area contributed by atoms with Gasteiger partial charge in [-0.25, -0.2) is 0 Å². The summed E-state index contributed by atoms with van der Waals surface area (Å²) >= 11 is 0. The zero-order valence-corrected chi connectivity index (χ0v) is 11.3. The highest BCUT2D eigenvalue weighted by molar-refractivity contribution is 5.24. The number of ether oxygens (including phenoxy) is 1. The van der Waals surface area contributed by atoms with E-state index in [4.69, 9.17) is 4.74 Å². The Morgan fingerprint density at radius 3 is 2.20 bits per heavy atom. The quantitative estimate of drug-likeness (QED) is 0.709. The molecule has 1 aromatic carbocycles. The number of alkyl halides is 3. The van der Waals surface area contributed by atoms with Crippen molar-refractivity contribution in [3.05, 3.63) is 48.0 Å². The molecule has 1 aliphatic rings. The average Bonchev–Trinajstić information content (AvgIpc) is 2.45. The van der Waals surface area contributed by atoms with E-state index < -0.39 is 11.7 Å². The molecule has 0 radical (unpaired) electrons. The van der Waals surface area contributed by atoms with E-state index >= 15 is 0 Å². The number of halogens is 3. The molecular weight excluding hydrogens is 265 g/mol. The lowest BCUT2D eigenvalue weighted by atomic mass is 9.87. The molecule has 0 atom stereocenters. The van der Waals surface area contributed by atoms with Gasteiger partial charge in [-0.3, -0.25) is 0 Å². The van der Waals surface area contributed by atoms with Crippen molar-refractivity contribution in [1.82, 2.24) is 0 Å². The Morgan fingerprint density at radius 1 is 1.10 bits per heavy atom. The lowest BCUT2D eigenvalue weighted by Crippen LogP contribution is -2.20. The van der Waals surface area contributed by atoms with Crippen LogP contribution in [0.15, 0.2) is 36.9 Å². The normalized spacial score (nSPS) is 23.6. The van der Waals surface area contributed by atoms with E-state index in [1.54, 1.807) is 0 Å². The maximum atomic E-state index is 12.4. The second-order valence-corrected chi connectivity index (χ2v) is 5.28. The molecule has 0 spiro atoms. The van der Waals surface area contributed by atoms with Gasteiger partial charge in [0.2, 0.25) is 0 Å². The Labute approximate surface area is 117 Å². The zero-order valence-electron chi connectivity index (χ0n) is 11.3. The third-order valence-corrected chi connectivity index (χ3v) is 3.82. The molecule has 0 N–H and O–H groups in total. The topological polar surface area (TPSA) is 9.23 Å². The van der Waals surface area contributed by atoms with Crippen molar-refractivity contribution in [3.63, 3.8) is 0 Å². The predicted molar refractivity (Wildman–Crippen MR) is 72.2 cm³/mol. The highest BCUT2D eigenvalue weighted by Crippen LogP contribution is 2.30. The van der Waals surface area contributed by atoms with Crippen molar-refractivity contribution in [3.8, 4) is 0 Å². The number of rotatable bonds is 4. The number of allylic oxidation sites excluding steroid dienone is 1. The summed E-state index contributed by atoms with van der Waals surface area (Å²) < 4.78 is 43.1. The zero-order chi connectivity index (χ0) is 14.6. The number of hydrogen-bond donors (Lipinski definition) is 0. The molecule has 0 bridgehead atoms. The van der Waals surface area contributed by atoms with E-state index in [2.05, 4.69) is 6.58 Å². The van der Waals surface area contributed by atoms with Crippen LogP contribution in [0.3, 0.4) is 0 Å². The maximum absolute atomic E-state index is 12.4. The first-order chi connectivity index (χ1) is 9.49. The summed E-state index contributed by atoms with van der Waals surface area (Å²) in [5.41, 5.74) is 0.164. The Kier molecular flexibility index (Phi) is 4.86. The first-order valence-corrected chi connectivity index (χ1v) is 6.89. The van der Waals surface area contributed by atoms with Crippen molar-refractivity contribution >= 4 is 0 Å². The summed E-state index contributed by atoms with van der Waals surface area (Å²) in [5.74, 6) is 0.584. The van der Waals surface area contributed by atoms with Crippen LogP contribution in [0.1, 0.15) is 36.8 Å². The molecule has 0 unspecified atom stereocenters. The smallest absolute Gasteiger partial charge is 0.374 e. The molecule has 2 rings (SSSR count). The average molecular weight is 284 g/mol. The van der Waals surface area contributed by atoms with Crippen LogP contribution in [0, 0.1) is 5.92 Å². The fourth-order valence-electron chi connectivity index (χ4n) is 2.50. The van der Waals surface area contributed by atoms with Gasteiger partial charge >= 0.3 is 6.18 Å². The van der Waals surface area contributed by atoms with Gasteiger partial charge in [-0.1, -0.05) is 18.2 Å². The monoisotopic (exact) mass is 284 g/mol. The van der Waals surface area contributed by atoms with Crippen molar-refractivity contribution in [2.45, 2.75) is 44.6 Å². The van der Waals surface area contributed by atoms with Gasteiger partial charge in [0.25, 0.3) is 0 Å². The third-order valence-electron chi connectivity index (χ3n) is 3.82. The van der Waals surface area contributed by atoms with Crippen LogP contribution >= 0.6 is 0 Å². The van der Waals surface area contributed by atoms with E-state index in [-0.39, 0.29) is 6.10 Å². The van der Waals surface area contributed by atoms with Crippen LogP contribution in [0.25, 0.3) is 0 Å². The molecule has 1 saturated carbocycles. The number of hydrogen-bond acceptors (Lipinski definition) is 1. The highest BCUT2D eigenvalue weighted by atomic mass is 19.4. The molecule has 0 aliphatic heterocycles. The Morgan fingerprint density at radius 2 is 1.70 bits per heavy atom. The standard InChI is InChI=1S/C16H19F3O/c1-2-12-5-9-15(10-6-12)20-11-13-3-7-14(8-4-13)16(17,18)19/h2-4,7-8,12,15H,1,5-6,9-11H2. The van der Waals surface area contributed by atoms with Crippen molar-refractivity contribution in [1.29, 1.82) is 0 Å². The molecule has 1 nitrogen and oxygen atoms in total. The highest BCUT2D eigenvalue weighted by Gasteiger charge is 2.30. The Balaban J connectivity index is 1.81. The van der Waals surface area contributed by atoms with Gasteiger partial charge in [-0.2, -0.15) is 13.2 Å². The van der Waals surface area contributed by atoms with Crippen LogP contribution in [-0.2, 0) is 17.5 Å². The largest absolute Gasteiger partial charge is 0.416 e. The fraction of sp³-hybridized carbons (Fsp3) is 0.500. The first-order valence-electron chi connectivity index (χ1n) is 6.89.